The molecule has 3 N–H and O–H groups in total. The summed E-state index contributed by atoms with van der Waals surface area (Å²) in [6, 6.07) is 4.20. The van der Waals surface area contributed by atoms with E-state index in [0.717, 1.165) is 12.5 Å². The molecule has 0 atom stereocenters. The summed E-state index contributed by atoms with van der Waals surface area (Å²) in [7, 11) is 0. The molecule has 0 unspecified atom stereocenters. The van der Waals surface area contributed by atoms with E-state index >= 15 is 0 Å². The molecule has 0 bridgehead atoms. The van der Waals surface area contributed by atoms with Gasteiger partial charge in [-0.1, -0.05) is 0 Å². The maximum Gasteiger partial charge on any atom is 0.191 e. The number of aliphatic hydroxyl groups excluding tert-OH is 1. The van der Waals surface area contributed by atoms with Crippen molar-refractivity contribution >= 4 is 17.3 Å². The molecule has 1 aromatic rings. The van der Waals surface area contributed by atoms with Crippen molar-refractivity contribution in [2.75, 3.05) is 19.7 Å². The standard InChI is InChI=1S/C11H19N3OS/c1-3-12-11(13-6-7-15)14-8-10-5-4-9(2)16-10/h4-5,15H,3,6-8H2,1-2H3,(H2,12,13,14). The van der Waals surface area contributed by atoms with Gasteiger partial charge >= 0.3 is 0 Å². The van der Waals surface area contributed by atoms with Crippen molar-refractivity contribution in [3.05, 3.63) is 21.9 Å². The molecule has 0 aliphatic carbocycles. The molecular formula is C11H19N3OS. The Kier molecular flexibility index (Phi) is 5.88. The van der Waals surface area contributed by atoms with Crippen LogP contribution in [0.5, 0.6) is 0 Å². The van der Waals surface area contributed by atoms with Gasteiger partial charge in [0.05, 0.1) is 13.2 Å². The van der Waals surface area contributed by atoms with E-state index < -0.39 is 0 Å². The smallest absolute Gasteiger partial charge is 0.191 e. The Balaban J connectivity index is 2.49. The van der Waals surface area contributed by atoms with Crippen LogP contribution in [0.1, 0.15) is 16.7 Å². The summed E-state index contributed by atoms with van der Waals surface area (Å²) in [5, 5.41) is 14.9. The van der Waals surface area contributed by atoms with Crippen LogP contribution in [-0.4, -0.2) is 30.8 Å². The van der Waals surface area contributed by atoms with Crippen LogP contribution in [-0.2, 0) is 6.54 Å². The van der Waals surface area contributed by atoms with E-state index in [2.05, 4.69) is 34.7 Å². The summed E-state index contributed by atoms with van der Waals surface area (Å²) in [5.41, 5.74) is 0. The van der Waals surface area contributed by atoms with Crippen LogP contribution in [0.3, 0.4) is 0 Å². The summed E-state index contributed by atoms with van der Waals surface area (Å²) in [6.07, 6.45) is 0. The van der Waals surface area contributed by atoms with Crippen LogP contribution in [0.2, 0.25) is 0 Å². The third-order valence-corrected chi connectivity index (χ3v) is 2.92. The van der Waals surface area contributed by atoms with Crippen LogP contribution in [0.15, 0.2) is 17.1 Å². The van der Waals surface area contributed by atoms with Crippen LogP contribution in [0, 0.1) is 6.92 Å². The third-order valence-electron chi connectivity index (χ3n) is 1.94. The minimum Gasteiger partial charge on any atom is -0.395 e. The molecule has 0 spiro atoms. The van der Waals surface area contributed by atoms with Crippen molar-refractivity contribution in [2.45, 2.75) is 20.4 Å². The van der Waals surface area contributed by atoms with Gasteiger partial charge in [-0.2, -0.15) is 0 Å². The Labute approximate surface area is 100 Å². The topological polar surface area (TPSA) is 56.7 Å². The molecule has 0 aromatic carbocycles. The van der Waals surface area contributed by atoms with E-state index in [1.165, 1.54) is 9.75 Å². The van der Waals surface area contributed by atoms with Gasteiger partial charge in [0.25, 0.3) is 0 Å². The largest absolute Gasteiger partial charge is 0.395 e. The van der Waals surface area contributed by atoms with Crippen molar-refractivity contribution < 1.29 is 5.11 Å². The molecule has 0 saturated carbocycles. The lowest BCUT2D eigenvalue weighted by Crippen LogP contribution is -2.38. The van der Waals surface area contributed by atoms with E-state index in [-0.39, 0.29) is 6.61 Å². The minimum absolute atomic E-state index is 0.114. The first kappa shape index (κ1) is 13.0. The van der Waals surface area contributed by atoms with E-state index in [4.69, 9.17) is 5.11 Å². The maximum atomic E-state index is 8.73. The predicted octanol–water partition coefficient (Wildman–Crippen LogP) is 1.10. The van der Waals surface area contributed by atoms with Gasteiger partial charge in [-0.05, 0) is 26.0 Å². The number of rotatable bonds is 5. The Morgan fingerprint density at radius 1 is 1.44 bits per heavy atom. The van der Waals surface area contributed by atoms with Gasteiger partial charge in [0.1, 0.15) is 0 Å². The first-order valence-corrected chi connectivity index (χ1v) is 6.26. The van der Waals surface area contributed by atoms with Crippen molar-refractivity contribution in [2.24, 2.45) is 4.99 Å². The monoisotopic (exact) mass is 241 g/mol. The molecule has 1 rings (SSSR count). The average molecular weight is 241 g/mol. The number of aryl methyl sites for hydroxylation is 1. The quantitative estimate of drug-likeness (QED) is 0.534. The fraction of sp³-hybridized carbons (Fsp3) is 0.545. The van der Waals surface area contributed by atoms with Gasteiger partial charge < -0.3 is 15.7 Å². The number of hydrogen-bond acceptors (Lipinski definition) is 3. The highest BCUT2D eigenvalue weighted by Crippen LogP contribution is 2.15. The number of nitrogens with zero attached hydrogens (tertiary/aromatic N) is 1. The number of nitrogens with one attached hydrogen (secondary N) is 2. The lowest BCUT2D eigenvalue weighted by molar-refractivity contribution is 0.300. The second-order valence-electron chi connectivity index (χ2n) is 3.36. The number of aliphatic hydroxyl groups is 1. The molecule has 0 aliphatic heterocycles. The predicted molar refractivity (Wildman–Crippen MR) is 69.0 cm³/mol. The van der Waals surface area contributed by atoms with Crippen LogP contribution in [0.25, 0.3) is 0 Å². The lowest BCUT2D eigenvalue weighted by atomic mass is 10.4. The number of hydrogen-bond donors (Lipinski definition) is 3. The highest BCUT2D eigenvalue weighted by Gasteiger charge is 1.98. The van der Waals surface area contributed by atoms with Crippen molar-refractivity contribution in [3.8, 4) is 0 Å². The second-order valence-corrected chi connectivity index (χ2v) is 4.73. The second kappa shape index (κ2) is 7.24. The minimum atomic E-state index is 0.114. The first-order chi connectivity index (χ1) is 7.76. The Bertz CT molecular complexity index is 336. The van der Waals surface area contributed by atoms with Gasteiger partial charge in [0.2, 0.25) is 0 Å². The highest BCUT2D eigenvalue weighted by molar-refractivity contribution is 7.11. The molecular weight excluding hydrogens is 222 g/mol. The van der Waals surface area contributed by atoms with Crippen LogP contribution < -0.4 is 10.6 Å². The zero-order valence-corrected chi connectivity index (χ0v) is 10.6. The SMILES string of the molecule is CCNC(=NCc1ccc(C)s1)NCCO. The molecule has 1 aromatic heterocycles. The summed E-state index contributed by atoms with van der Waals surface area (Å²) < 4.78 is 0. The molecule has 0 radical (unpaired) electrons. The van der Waals surface area contributed by atoms with Crippen molar-refractivity contribution in [3.63, 3.8) is 0 Å². The molecule has 5 heteroatoms. The Morgan fingerprint density at radius 3 is 2.81 bits per heavy atom. The van der Waals surface area contributed by atoms with Crippen LogP contribution in [0.4, 0.5) is 0 Å². The summed E-state index contributed by atoms with van der Waals surface area (Å²) in [6.45, 7) is 6.25. The van der Waals surface area contributed by atoms with E-state index in [1.54, 1.807) is 11.3 Å². The number of thiophene rings is 1. The summed E-state index contributed by atoms with van der Waals surface area (Å²) in [5.74, 6) is 0.752. The maximum absolute atomic E-state index is 8.73. The Morgan fingerprint density at radius 2 is 2.25 bits per heavy atom. The molecule has 1 heterocycles. The van der Waals surface area contributed by atoms with Crippen LogP contribution >= 0.6 is 11.3 Å². The number of aliphatic imine (C=N–C) groups is 1. The normalized spacial score (nSPS) is 11.6. The zero-order valence-electron chi connectivity index (χ0n) is 9.79. The summed E-state index contributed by atoms with van der Waals surface area (Å²) in [4.78, 5) is 6.98. The molecule has 0 saturated heterocycles. The van der Waals surface area contributed by atoms with Gasteiger partial charge in [0, 0.05) is 22.8 Å². The van der Waals surface area contributed by atoms with Crippen molar-refractivity contribution in [1.29, 1.82) is 0 Å². The molecule has 0 amide bonds. The molecule has 0 aliphatic rings. The number of guanidine groups is 1. The molecule has 0 fully saturated rings. The van der Waals surface area contributed by atoms with Crippen molar-refractivity contribution in [1.82, 2.24) is 10.6 Å². The van der Waals surface area contributed by atoms with Gasteiger partial charge in [-0.25, -0.2) is 4.99 Å². The third kappa shape index (κ3) is 4.63. The molecule has 4 nitrogen and oxygen atoms in total. The molecule has 16 heavy (non-hydrogen) atoms. The Hall–Kier alpha value is -1.07. The first-order valence-electron chi connectivity index (χ1n) is 5.44. The van der Waals surface area contributed by atoms with Gasteiger partial charge in [-0.15, -0.1) is 11.3 Å². The van der Waals surface area contributed by atoms with E-state index in [0.29, 0.717) is 13.1 Å². The van der Waals surface area contributed by atoms with Gasteiger partial charge in [0.15, 0.2) is 5.96 Å². The lowest BCUT2D eigenvalue weighted by Gasteiger charge is -2.09. The van der Waals surface area contributed by atoms with Gasteiger partial charge in [-0.3, -0.25) is 0 Å². The zero-order chi connectivity index (χ0) is 11.8. The van der Waals surface area contributed by atoms with E-state index in [1.807, 2.05) is 6.92 Å². The van der Waals surface area contributed by atoms with E-state index in [9.17, 15) is 0 Å². The fourth-order valence-corrected chi connectivity index (χ4v) is 2.06. The average Bonchev–Trinajstić information content (AvgIpc) is 2.68. The fourth-order valence-electron chi connectivity index (χ4n) is 1.24. The highest BCUT2D eigenvalue weighted by atomic mass is 32.1. The summed E-state index contributed by atoms with van der Waals surface area (Å²) >= 11 is 1.76. The molecule has 90 valence electrons.